The predicted octanol–water partition coefficient (Wildman–Crippen LogP) is 7.66. The van der Waals surface area contributed by atoms with Crippen LogP contribution in [0.5, 0.6) is 0 Å². The van der Waals surface area contributed by atoms with Gasteiger partial charge in [0.1, 0.15) is 0 Å². The Kier molecular flexibility index (Phi) is 6.71. The molecule has 0 amide bonds. The molecule has 0 aromatic heterocycles. The van der Waals surface area contributed by atoms with Crippen molar-refractivity contribution >= 4 is 5.97 Å². The average molecular weight is 424 g/mol. The summed E-state index contributed by atoms with van der Waals surface area (Å²) in [5, 5.41) is 18.8. The largest absolute Gasteiger partial charge is 0.478 e. The topological polar surface area (TPSA) is 61.1 Å². The lowest BCUT2D eigenvalue weighted by Gasteiger charge is -2.29. The van der Waals surface area contributed by atoms with E-state index in [1.54, 1.807) is 6.07 Å². The van der Waals surface area contributed by atoms with Crippen LogP contribution in [0.3, 0.4) is 0 Å². The van der Waals surface area contributed by atoms with Gasteiger partial charge in [0, 0.05) is 0 Å². The third kappa shape index (κ3) is 4.75. The van der Waals surface area contributed by atoms with Crippen molar-refractivity contribution in [1.82, 2.24) is 0 Å². The molecule has 0 unspecified atom stereocenters. The van der Waals surface area contributed by atoms with Crippen LogP contribution in [0.4, 0.5) is 0 Å². The summed E-state index contributed by atoms with van der Waals surface area (Å²) >= 11 is 0. The van der Waals surface area contributed by atoms with Crippen molar-refractivity contribution in [2.24, 2.45) is 5.92 Å². The minimum atomic E-state index is -0.894. The highest BCUT2D eigenvalue weighted by Gasteiger charge is 2.23. The third-order valence-electron chi connectivity index (χ3n) is 6.83. The van der Waals surface area contributed by atoms with Gasteiger partial charge in [0.15, 0.2) is 0 Å². The van der Waals surface area contributed by atoms with Gasteiger partial charge in [0.2, 0.25) is 0 Å². The summed E-state index contributed by atoms with van der Waals surface area (Å²) in [5.41, 5.74) is 6.03. The Morgan fingerprint density at radius 1 is 0.906 bits per heavy atom. The second-order valence-corrected chi connectivity index (χ2v) is 8.88. The molecule has 32 heavy (non-hydrogen) atoms. The molecule has 1 saturated carbocycles. The number of carbonyl (C=O) groups is 1. The molecule has 3 heteroatoms. The summed E-state index contributed by atoms with van der Waals surface area (Å²) in [5.74, 6) is 0.473. The van der Waals surface area contributed by atoms with Gasteiger partial charge >= 0.3 is 5.97 Å². The first-order valence-corrected chi connectivity index (χ1v) is 11.6. The number of nitriles is 1. The molecule has 1 aliphatic carbocycles. The van der Waals surface area contributed by atoms with Crippen molar-refractivity contribution in [2.75, 3.05) is 0 Å². The standard InChI is InChI=1S/C29H29NO2/c1-2-3-20-4-8-24(9-5-20)26-16-17-27(29(31)32)28(18-26)25-14-12-23(13-15-25)22-10-6-21(19-30)7-11-22/h6-7,10-18,20,24H,2-5,8-9H2,1H3,(H,31,32)/t20-,24-. The molecule has 3 aromatic rings. The molecule has 0 spiro atoms. The molecule has 1 aliphatic rings. The summed E-state index contributed by atoms with van der Waals surface area (Å²) in [4.78, 5) is 11.9. The maximum atomic E-state index is 11.9. The monoisotopic (exact) mass is 423 g/mol. The Bertz CT molecular complexity index is 1120. The number of rotatable bonds is 6. The van der Waals surface area contributed by atoms with E-state index in [4.69, 9.17) is 5.26 Å². The number of hydrogen-bond donors (Lipinski definition) is 1. The Morgan fingerprint density at radius 2 is 1.50 bits per heavy atom. The third-order valence-corrected chi connectivity index (χ3v) is 6.83. The zero-order valence-electron chi connectivity index (χ0n) is 18.6. The van der Waals surface area contributed by atoms with Crippen LogP contribution < -0.4 is 0 Å². The second kappa shape index (κ2) is 9.83. The van der Waals surface area contributed by atoms with Gasteiger partial charge in [0.25, 0.3) is 0 Å². The van der Waals surface area contributed by atoms with Crippen LogP contribution in [0.2, 0.25) is 0 Å². The molecular formula is C29H29NO2. The summed E-state index contributed by atoms with van der Waals surface area (Å²) in [6.45, 7) is 2.26. The highest BCUT2D eigenvalue weighted by atomic mass is 16.4. The number of benzene rings is 3. The fraction of sp³-hybridized carbons (Fsp3) is 0.310. The minimum Gasteiger partial charge on any atom is -0.478 e. The lowest BCUT2D eigenvalue weighted by Crippen LogP contribution is -2.13. The summed E-state index contributed by atoms with van der Waals surface area (Å²) in [6.07, 6.45) is 7.50. The van der Waals surface area contributed by atoms with E-state index < -0.39 is 5.97 Å². The number of nitrogens with zero attached hydrogens (tertiary/aromatic N) is 1. The van der Waals surface area contributed by atoms with Crippen molar-refractivity contribution in [3.8, 4) is 28.3 Å². The van der Waals surface area contributed by atoms with Crippen molar-refractivity contribution < 1.29 is 9.90 Å². The lowest BCUT2D eigenvalue weighted by molar-refractivity contribution is 0.0697. The molecule has 0 heterocycles. The van der Waals surface area contributed by atoms with Gasteiger partial charge < -0.3 is 5.11 Å². The molecule has 1 N–H and O–H groups in total. The summed E-state index contributed by atoms with van der Waals surface area (Å²) in [6, 6.07) is 23.6. The first-order chi connectivity index (χ1) is 15.6. The molecule has 0 aliphatic heterocycles. The Morgan fingerprint density at radius 3 is 2.06 bits per heavy atom. The predicted molar refractivity (Wildman–Crippen MR) is 129 cm³/mol. The van der Waals surface area contributed by atoms with Gasteiger partial charge in [0.05, 0.1) is 17.2 Å². The van der Waals surface area contributed by atoms with Crippen molar-refractivity contribution in [1.29, 1.82) is 5.26 Å². The molecular weight excluding hydrogens is 394 g/mol. The average Bonchev–Trinajstić information content (AvgIpc) is 2.84. The first kappa shape index (κ1) is 21.8. The fourth-order valence-electron chi connectivity index (χ4n) is 5.01. The number of hydrogen-bond acceptors (Lipinski definition) is 2. The lowest BCUT2D eigenvalue weighted by atomic mass is 9.76. The molecule has 162 valence electrons. The zero-order chi connectivity index (χ0) is 22.5. The van der Waals surface area contributed by atoms with Gasteiger partial charge in [-0.15, -0.1) is 0 Å². The van der Waals surface area contributed by atoms with E-state index in [2.05, 4.69) is 19.1 Å². The van der Waals surface area contributed by atoms with Crippen LogP contribution in [-0.2, 0) is 0 Å². The van der Waals surface area contributed by atoms with Crippen LogP contribution in [0, 0.1) is 17.2 Å². The van der Waals surface area contributed by atoms with Crippen molar-refractivity contribution in [3.63, 3.8) is 0 Å². The van der Waals surface area contributed by atoms with Gasteiger partial charge in [-0.3, -0.25) is 0 Å². The number of carboxylic acids is 1. The summed E-state index contributed by atoms with van der Waals surface area (Å²) < 4.78 is 0. The van der Waals surface area contributed by atoms with Crippen LogP contribution >= 0.6 is 0 Å². The SMILES string of the molecule is CCC[C@H]1CC[C@H](c2ccc(C(=O)O)c(-c3ccc(-c4ccc(C#N)cc4)cc3)c2)CC1. The van der Waals surface area contributed by atoms with Crippen LogP contribution in [0.25, 0.3) is 22.3 Å². The quantitative estimate of drug-likeness (QED) is 0.442. The molecule has 0 atom stereocenters. The molecule has 0 bridgehead atoms. The molecule has 4 rings (SSSR count). The summed E-state index contributed by atoms with van der Waals surface area (Å²) in [7, 11) is 0. The number of carboxylic acid groups (broad SMARTS) is 1. The molecule has 1 fully saturated rings. The Balaban J connectivity index is 1.61. The normalized spacial score (nSPS) is 18.1. The van der Waals surface area contributed by atoms with E-state index in [9.17, 15) is 9.90 Å². The highest BCUT2D eigenvalue weighted by molar-refractivity contribution is 5.96. The maximum absolute atomic E-state index is 11.9. The minimum absolute atomic E-state index is 0.347. The fourth-order valence-corrected chi connectivity index (χ4v) is 5.01. The molecule has 3 nitrogen and oxygen atoms in total. The van der Waals surface area contributed by atoms with E-state index in [-0.39, 0.29) is 0 Å². The van der Waals surface area contributed by atoms with Crippen LogP contribution in [0.15, 0.2) is 66.7 Å². The molecule has 0 radical (unpaired) electrons. The van der Waals surface area contributed by atoms with Gasteiger partial charge in [-0.05, 0) is 83.5 Å². The first-order valence-electron chi connectivity index (χ1n) is 11.6. The van der Waals surface area contributed by atoms with E-state index in [0.717, 1.165) is 28.2 Å². The van der Waals surface area contributed by atoms with E-state index in [1.165, 1.54) is 44.1 Å². The highest BCUT2D eigenvalue weighted by Crippen LogP contribution is 2.39. The van der Waals surface area contributed by atoms with E-state index in [0.29, 0.717) is 17.0 Å². The second-order valence-electron chi connectivity index (χ2n) is 8.88. The van der Waals surface area contributed by atoms with E-state index in [1.807, 2.05) is 54.6 Å². The molecule has 3 aromatic carbocycles. The van der Waals surface area contributed by atoms with Crippen LogP contribution in [-0.4, -0.2) is 11.1 Å². The Labute approximate surface area is 190 Å². The molecule has 0 saturated heterocycles. The van der Waals surface area contributed by atoms with Gasteiger partial charge in [-0.25, -0.2) is 4.79 Å². The van der Waals surface area contributed by atoms with Crippen LogP contribution in [0.1, 0.15) is 72.9 Å². The van der Waals surface area contributed by atoms with E-state index >= 15 is 0 Å². The van der Waals surface area contributed by atoms with Gasteiger partial charge in [-0.1, -0.05) is 68.3 Å². The van der Waals surface area contributed by atoms with Gasteiger partial charge in [-0.2, -0.15) is 5.26 Å². The zero-order valence-corrected chi connectivity index (χ0v) is 18.6. The smallest absolute Gasteiger partial charge is 0.336 e. The number of aromatic carboxylic acids is 1. The maximum Gasteiger partial charge on any atom is 0.336 e. The van der Waals surface area contributed by atoms with Crippen molar-refractivity contribution in [3.05, 3.63) is 83.4 Å². The van der Waals surface area contributed by atoms with Crippen molar-refractivity contribution in [2.45, 2.75) is 51.4 Å². The Hall–Kier alpha value is -3.38.